The Hall–Kier alpha value is -1.55. The number of aliphatic hydroxyl groups is 1. The van der Waals surface area contributed by atoms with E-state index in [4.69, 9.17) is 5.11 Å². The standard InChI is InChI=1S/C15H22N2O2/c18-12-11-17(14-8-9-14)15(19)16-10-4-7-13-5-2-1-3-6-13/h1-3,5-6,14,18H,4,7-12H2,(H,16,19). The Morgan fingerprint density at radius 3 is 2.68 bits per heavy atom. The number of aliphatic hydroxyl groups excluding tert-OH is 1. The van der Waals surface area contributed by atoms with Crippen molar-refractivity contribution in [3.63, 3.8) is 0 Å². The van der Waals surface area contributed by atoms with Gasteiger partial charge in [-0.1, -0.05) is 30.3 Å². The molecule has 1 aromatic rings. The fourth-order valence-electron chi connectivity index (χ4n) is 2.18. The zero-order valence-corrected chi connectivity index (χ0v) is 11.2. The van der Waals surface area contributed by atoms with Gasteiger partial charge in [0.25, 0.3) is 0 Å². The van der Waals surface area contributed by atoms with Crippen molar-refractivity contribution in [2.45, 2.75) is 31.7 Å². The second-order valence-corrected chi connectivity index (χ2v) is 4.97. The molecule has 0 radical (unpaired) electrons. The maximum atomic E-state index is 11.9. The predicted molar refractivity (Wildman–Crippen MR) is 75.0 cm³/mol. The Kier molecular flexibility index (Phi) is 5.21. The number of nitrogens with zero attached hydrogens (tertiary/aromatic N) is 1. The molecule has 2 rings (SSSR count). The minimum Gasteiger partial charge on any atom is -0.395 e. The Morgan fingerprint density at radius 2 is 2.05 bits per heavy atom. The fourth-order valence-corrected chi connectivity index (χ4v) is 2.18. The lowest BCUT2D eigenvalue weighted by molar-refractivity contribution is 0.173. The highest BCUT2D eigenvalue weighted by Crippen LogP contribution is 2.26. The summed E-state index contributed by atoms with van der Waals surface area (Å²) in [6.45, 7) is 1.16. The number of aryl methyl sites for hydroxylation is 1. The lowest BCUT2D eigenvalue weighted by atomic mass is 10.1. The van der Waals surface area contributed by atoms with Crippen LogP contribution < -0.4 is 5.32 Å². The van der Waals surface area contributed by atoms with E-state index < -0.39 is 0 Å². The first-order valence-electron chi connectivity index (χ1n) is 7.00. The van der Waals surface area contributed by atoms with Gasteiger partial charge in [-0.05, 0) is 31.2 Å². The summed E-state index contributed by atoms with van der Waals surface area (Å²) in [5.41, 5.74) is 1.30. The molecular weight excluding hydrogens is 240 g/mol. The summed E-state index contributed by atoms with van der Waals surface area (Å²) in [6.07, 6.45) is 4.05. The van der Waals surface area contributed by atoms with Gasteiger partial charge in [0, 0.05) is 19.1 Å². The number of carbonyl (C=O) groups is 1. The first kappa shape index (κ1) is 13.9. The van der Waals surface area contributed by atoms with Crippen LogP contribution in [0, 0.1) is 0 Å². The molecule has 1 saturated carbocycles. The van der Waals surface area contributed by atoms with Gasteiger partial charge in [-0.3, -0.25) is 0 Å². The number of urea groups is 1. The Labute approximate surface area is 114 Å². The van der Waals surface area contributed by atoms with E-state index in [1.807, 2.05) is 18.2 Å². The molecule has 19 heavy (non-hydrogen) atoms. The maximum absolute atomic E-state index is 11.9. The number of nitrogens with one attached hydrogen (secondary N) is 1. The molecule has 1 aliphatic rings. The van der Waals surface area contributed by atoms with Crippen LogP contribution in [0.25, 0.3) is 0 Å². The Bertz CT molecular complexity index is 390. The molecule has 0 bridgehead atoms. The van der Waals surface area contributed by atoms with Crippen LogP contribution in [0.2, 0.25) is 0 Å². The molecule has 0 atom stereocenters. The van der Waals surface area contributed by atoms with Gasteiger partial charge in [0.15, 0.2) is 0 Å². The van der Waals surface area contributed by atoms with Gasteiger partial charge in [0.05, 0.1) is 6.61 Å². The van der Waals surface area contributed by atoms with Crippen LogP contribution in [0.1, 0.15) is 24.8 Å². The molecule has 4 nitrogen and oxygen atoms in total. The van der Waals surface area contributed by atoms with E-state index in [0.29, 0.717) is 19.1 Å². The zero-order valence-electron chi connectivity index (χ0n) is 11.2. The van der Waals surface area contributed by atoms with Gasteiger partial charge in [-0.15, -0.1) is 0 Å². The average molecular weight is 262 g/mol. The summed E-state index contributed by atoms with van der Waals surface area (Å²) < 4.78 is 0. The van der Waals surface area contributed by atoms with E-state index in [9.17, 15) is 4.79 Å². The third kappa shape index (κ3) is 4.56. The highest BCUT2D eigenvalue weighted by molar-refractivity contribution is 5.74. The minimum absolute atomic E-state index is 0.0357. The molecule has 0 aliphatic heterocycles. The van der Waals surface area contributed by atoms with Crippen LogP contribution in [0.4, 0.5) is 4.79 Å². The number of benzene rings is 1. The van der Waals surface area contributed by atoms with Crippen LogP contribution in [0.5, 0.6) is 0 Å². The summed E-state index contributed by atoms with van der Waals surface area (Å²) in [4.78, 5) is 13.7. The lowest BCUT2D eigenvalue weighted by Crippen LogP contribution is -2.43. The quantitative estimate of drug-likeness (QED) is 0.736. The Morgan fingerprint density at radius 1 is 1.32 bits per heavy atom. The third-order valence-electron chi connectivity index (χ3n) is 3.35. The molecule has 1 aromatic carbocycles. The normalized spacial score (nSPS) is 14.2. The number of hydrogen-bond donors (Lipinski definition) is 2. The van der Waals surface area contributed by atoms with Gasteiger partial charge in [0.1, 0.15) is 0 Å². The summed E-state index contributed by atoms with van der Waals surface area (Å²) >= 11 is 0. The molecule has 104 valence electrons. The second-order valence-electron chi connectivity index (χ2n) is 4.97. The van der Waals surface area contributed by atoms with Crippen molar-refractivity contribution in [1.29, 1.82) is 0 Å². The SMILES string of the molecule is O=C(NCCCc1ccccc1)N(CCO)C1CC1. The monoisotopic (exact) mass is 262 g/mol. The molecule has 2 amide bonds. The molecule has 0 spiro atoms. The predicted octanol–water partition coefficient (Wildman–Crippen LogP) is 1.79. The highest BCUT2D eigenvalue weighted by atomic mass is 16.3. The van der Waals surface area contributed by atoms with Crippen LogP contribution in [0.3, 0.4) is 0 Å². The molecular formula is C15H22N2O2. The minimum atomic E-state index is -0.0374. The number of amides is 2. The van der Waals surface area contributed by atoms with Gasteiger partial charge < -0.3 is 15.3 Å². The van der Waals surface area contributed by atoms with Crippen LogP contribution in [0.15, 0.2) is 30.3 Å². The largest absolute Gasteiger partial charge is 0.395 e. The van der Waals surface area contributed by atoms with Gasteiger partial charge in [-0.2, -0.15) is 0 Å². The van der Waals surface area contributed by atoms with E-state index >= 15 is 0 Å². The highest BCUT2D eigenvalue weighted by Gasteiger charge is 2.31. The molecule has 4 heteroatoms. The molecule has 0 aromatic heterocycles. The first-order valence-corrected chi connectivity index (χ1v) is 7.00. The van der Waals surface area contributed by atoms with Crippen molar-refractivity contribution in [2.24, 2.45) is 0 Å². The van der Waals surface area contributed by atoms with Crippen LogP contribution >= 0.6 is 0 Å². The molecule has 2 N–H and O–H groups in total. The maximum Gasteiger partial charge on any atom is 0.317 e. The smallest absolute Gasteiger partial charge is 0.317 e. The van der Waals surface area contributed by atoms with Gasteiger partial charge in [0.2, 0.25) is 0 Å². The summed E-state index contributed by atoms with van der Waals surface area (Å²) in [5, 5.41) is 11.9. The van der Waals surface area contributed by atoms with E-state index in [1.54, 1.807) is 4.90 Å². The molecule has 0 saturated heterocycles. The summed E-state index contributed by atoms with van der Waals surface area (Å²) in [6, 6.07) is 10.6. The Balaban J connectivity index is 1.65. The van der Waals surface area contributed by atoms with Crippen molar-refractivity contribution >= 4 is 6.03 Å². The van der Waals surface area contributed by atoms with Crippen LogP contribution in [-0.2, 0) is 6.42 Å². The van der Waals surface area contributed by atoms with E-state index in [2.05, 4.69) is 17.4 Å². The number of hydrogen-bond acceptors (Lipinski definition) is 2. The van der Waals surface area contributed by atoms with Crippen molar-refractivity contribution in [1.82, 2.24) is 10.2 Å². The second kappa shape index (κ2) is 7.14. The van der Waals surface area contributed by atoms with Crippen molar-refractivity contribution in [3.8, 4) is 0 Å². The van der Waals surface area contributed by atoms with Crippen molar-refractivity contribution in [3.05, 3.63) is 35.9 Å². The lowest BCUT2D eigenvalue weighted by Gasteiger charge is -2.21. The van der Waals surface area contributed by atoms with E-state index in [0.717, 1.165) is 25.7 Å². The van der Waals surface area contributed by atoms with E-state index in [1.165, 1.54) is 5.56 Å². The molecule has 1 aliphatic carbocycles. The number of carbonyl (C=O) groups excluding carboxylic acids is 1. The third-order valence-corrected chi connectivity index (χ3v) is 3.35. The molecule has 1 fully saturated rings. The zero-order chi connectivity index (χ0) is 13.5. The summed E-state index contributed by atoms with van der Waals surface area (Å²) in [5.74, 6) is 0. The van der Waals surface area contributed by atoms with Gasteiger partial charge in [-0.25, -0.2) is 4.79 Å². The topological polar surface area (TPSA) is 52.6 Å². The molecule has 0 heterocycles. The van der Waals surface area contributed by atoms with Gasteiger partial charge >= 0.3 is 6.03 Å². The van der Waals surface area contributed by atoms with Crippen LogP contribution in [-0.4, -0.2) is 41.8 Å². The summed E-state index contributed by atoms with van der Waals surface area (Å²) in [7, 11) is 0. The molecule has 0 unspecified atom stereocenters. The van der Waals surface area contributed by atoms with Crippen molar-refractivity contribution < 1.29 is 9.90 Å². The fraction of sp³-hybridized carbons (Fsp3) is 0.533. The van der Waals surface area contributed by atoms with E-state index in [-0.39, 0.29) is 12.6 Å². The first-order chi connectivity index (χ1) is 9.31. The van der Waals surface area contributed by atoms with Crippen molar-refractivity contribution in [2.75, 3.05) is 19.7 Å². The average Bonchev–Trinajstić information content (AvgIpc) is 3.26. The number of rotatable bonds is 7.